The number of nitrogens with zero attached hydrogens (tertiary/aromatic N) is 2. The highest BCUT2D eigenvalue weighted by Crippen LogP contribution is 2.43. The molecule has 1 N–H and O–H groups in total. The predicted molar refractivity (Wildman–Crippen MR) is 150 cm³/mol. The first-order chi connectivity index (χ1) is 21.0. The fourth-order valence-corrected chi connectivity index (χ4v) is 4.38. The van der Waals surface area contributed by atoms with Gasteiger partial charge in [-0.1, -0.05) is 29.8 Å². The van der Waals surface area contributed by atoms with Gasteiger partial charge in [0.2, 0.25) is 5.88 Å². The van der Waals surface area contributed by atoms with Gasteiger partial charge >= 0.3 is 18.4 Å². The van der Waals surface area contributed by atoms with Crippen molar-refractivity contribution in [2.75, 3.05) is 5.32 Å². The standard InChI is InChI=1S/C30H23ClF5N3O6/c1-28(2,3)45-27(41)17-9-7-16(8-10-17)15-42-26-23(31)24(29(32,33)34)38-39(26)20-6-4-5-18(13-20)25(40)37-19-11-12-21-22(14-19)44-30(35,36)43-21/h4-14H,15H2,1-3H3,(H,37,40). The molecule has 2 heterocycles. The number of anilines is 1. The average Bonchev–Trinajstić information content (AvgIpc) is 3.45. The van der Waals surface area contributed by atoms with E-state index in [1.165, 1.54) is 48.5 Å². The molecule has 45 heavy (non-hydrogen) atoms. The van der Waals surface area contributed by atoms with Gasteiger partial charge in [0.05, 0.1) is 11.3 Å². The third-order valence-corrected chi connectivity index (χ3v) is 6.37. The first-order valence-electron chi connectivity index (χ1n) is 13.1. The van der Waals surface area contributed by atoms with Crippen LogP contribution >= 0.6 is 11.6 Å². The number of amides is 1. The number of halogens is 6. The van der Waals surface area contributed by atoms with Gasteiger partial charge in [0, 0.05) is 17.3 Å². The number of rotatable bonds is 7. The van der Waals surface area contributed by atoms with Crippen molar-refractivity contribution in [2.24, 2.45) is 0 Å². The van der Waals surface area contributed by atoms with Gasteiger partial charge in [0.25, 0.3) is 5.91 Å². The van der Waals surface area contributed by atoms with Crippen LogP contribution in [0, 0.1) is 0 Å². The largest absolute Gasteiger partial charge is 0.586 e. The zero-order valence-electron chi connectivity index (χ0n) is 23.7. The third kappa shape index (κ3) is 7.28. The van der Waals surface area contributed by atoms with Gasteiger partial charge in [-0.05, 0) is 68.8 Å². The lowest BCUT2D eigenvalue weighted by Crippen LogP contribution is -2.25. The summed E-state index contributed by atoms with van der Waals surface area (Å²) in [7, 11) is 0. The number of aromatic nitrogens is 2. The van der Waals surface area contributed by atoms with Crippen LogP contribution in [-0.2, 0) is 17.5 Å². The van der Waals surface area contributed by atoms with Crippen molar-refractivity contribution in [1.82, 2.24) is 9.78 Å². The van der Waals surface area contributed by atoms with Crippen molar-refractivity contribution < 1.29 is 50.5 Å². The molecule has 0 radical (unpaired) electrons. The van der Waals surface area contributed by atoms with E-state index in [1.807, 2.05) is 0 Å². The first-order valence-corrected chi connectivity index (χ1v) is 13.5. The number of hydrogen-bond acceptors (Lipinski definition) is 7. The minimum atomic E-state index is -4.93. The molecule has 0 bridgehead atoms. The lowest BCUT2D eigenvalue weighted by atomic mass is 10.1. The number of ether oxygens (including phenoxy) is 4. The Hall–Kier alpha value is -4.85. The van der Waals surface area contributed by atoms with Crippen LogP contribution in [-0.4, -0.2) is 33.6 Å². The van der Waals surface area contributed by atoms with E-state index >= 15 is 0 Å². The monoisotopic (exact) mass is 651 g/mol. The Morgan fingerprint density at radius 2 is 1.64 bits per heavy atom. The molecule has 0 fully saturated rings. The topological polar surface area (TPSA) is 101 Å². The molecule has 1 aliphatic rings. The Morgan fingerprint density at radius 1 is 0.956 bits per heavy atom. The summed E-state index contributed by atoms with van der Waals surface area (Å²) in [4.78, 5) is 25.3. The highest BCUT2D eigenvalue weighted by atomic mass is 35.5. The zero-order chi connectivity index (χ0) is 32.7. The van der Waals surface area contributed by atoms with E-state index < -0.39 is 46.5 Å². The van der Waals surface area contributed by atoms with Crippen LogP contribution in [0.3, 0.4) is 0 Å². The molecule has 0 aliphatic carbocycles. The molecule has 9 nitrogen and oxygen atoms in total. The van der Waals surface area contributed by atoms with Crippen molar-refractivity contribution in [3.63, 3.8) is 0 Å². The van der Waals surface area contributed by atoms with E-state index in [-0.39, 0.29) is 40.6 Å². The second-order valence-electron chi connectivity index (χ2n) is 10.7. The van der Waals surface area contributed by atoms with E-state index in [2.05, 4.69) is 19.9 Å². The van der Waals surface area contributed by atoms with Crippen molar-refractivity contribution in [3.05, 3.63) is 94.1 Å². The van der Waals surface area contributed by atoms with Crippen LogP contribution in [0.25, 0.3) is 5.69 Å². The fourth-order valence-electron chi connectivity index (χ4n) is 4.10. The van der Waals surface area contributed by atoms with E-state index in [9.17, 15) is 31.5 Å². The summed E-state index contributed by atoms with van der Waals surface area (Å²) in [6, 6.07) is 15.1. The van der Waals surface area contributed by atoms with Gasteiger partial charge < -0.3 is 24.3 Å². The van der Waals surface area contributed by atoms with Crippen molar-refractivity contribution in [2.45, 2.75) is 45.5 Å². The van der Waals surface area contributed by atoms with Crippen molar-refractivity contribution >= 4 is 29.2 Å². The van der Waals surface area contributed by atoms with Gasteiger partial charge in [0.15, 0.2) is 17.2 Å². The molecular formula is C30H23ClF5N3O6. The van der Waals surface area contributed by atoms with Gasteiger partial charge in [-0.15, -0.1) is 8.78 Å². The Balaban J connectivity index is 1.37. The summed E-state index contributed by atoms with van der Waals surface area (Å²) in [5.74, 6) is -2.23. The predicted octanol–water partition coefficient (Wildman–Crippen LogP) is 7.65. The number of nitrogens with one attached hydrogen (secondary N) is 1. The van der Waals surface area contributed by atoms with Gasteiger partial charge in [0.1, 0.15) is 17.2 Å². The summed E-state index contributed by atoms with van der Waals surface area (Å²) in [6.45, 7) is 4.92. The molecular weight excluding hydrogens is 629 g/mol. The maximum atomic E-state index is 13.8. The summed E-state index contributed by atoms with van der Waals surface area (Å²) >= 11 is 6.09. The number of benzene rings is 3. The molecule has 0 spiro atoms. The fraction of sp³-hybridized carbons (Fsp3) is 0.233. The maximum absolute atomic E-state index is 13.8. The van der Waals surface area contributed by atoms with Crippen LogP contribution in [0.1, 0.15) is 52.7 Å². The molecule has 3 aromatic carbocycles. The lowest BCUT2D eigenvalue weighted by Gasteiger charge is -2.19. The Bertz CT molecular complexity index is 1770. The molecule has 4 aromatic rings. The summed E-state index contributed by atoms with van der Waals surface area (Å²) in [6.07, 6.45) is -8.77. The van der Waals surface area contributed by atoms with E-state index in [1.54, 1.807) is 32.9 Å². The van der Waals surface area contributed by atoms with E-state index in [4.69, 9.17) is 21.1 Å². The number of hydrogen-bond donors (Lipinski definition) is 1. The third-order valence-electron chi connectivity index (χ3n) is 6.03. The lowest BCUT2D eigenvalue weighted by molar-refractivity contribution is -0.286. The van der Waals surface area contributed by atoms with Gasteiger partial charge in [-0.2, -0.15) is 23.0 Å². The Morgan fingerprint density at radius 3 is 2.31 bits per heavy atom. The maximum Gasteiger partial charge on any atom is 0.586 e. The van der Waals surface area contributed by atoms with Crippen LogP contribution < -0.4 is 19.5 Å². The summed E-state index contributed by atoms with van der Waals surface area (Å²) in [5.41, 5.74) is -1.27. The van der Waals surface area contributed by atoms with Crippen LogP contribution in [0.4, 0.5) is 27.6 Å². The second kappa shape index (κ2) is 11.6. The molecule has 1 amide bonds. The number of esters is 1. The number of carbonyl (C=O) groups excluding carboxylic acids is 2. The molecule has 15 heteroatoms. The highest BCUT2D eigenvalue weighted by Gasteiger charge is 2.43. The zero-order valence-corrected chi connectivity index (χ0v) is 24.4. The van der Waals surface area contributed by atoms with Crippen molar-refractivity contribution in [1.29, 1.82) is 0 Å². The normalized spacial score (nSPS) is 13.8. The minimum Gasteiger partial charge on any atom is -0.472 e. The summed E-state index contributed by atoms with van der Waals surface area (Å²) in [5, 5.41) is 5.31. The Kier molecular flexibility index (Phi) is 8.12. The Labute approximate surface area is 257 Å². The number of carbonyl (C=O) groups is 2. The van der Waals surface area contributed by atoms with E-state index in [0.29, 0.717) is 5.56 Å². The number of alkyl halides is 5. The molecule has 5 rings (SSSR count). The first kappa shape index (κ1) is 31.6. The van der Waals surface area contributed by atoms with E-state index in [0.717, 1.165) is 10.7 Å². The molecule has 236 valence electrons. The quantitative estimate of drug-likeness (QED) is 0.162. The summed E-state index contributed by atoms with van der Waals surface area (Å²) < 4.78 is 88.5. The van der Waals surface area contributed by atoms with Crippen LogP contribution in [0.15, 0.2) is 66.7 Å². The molecule has 1 aromatic heterocycles. The van der Waals surface area contributed by atoms with Gasteiger partial charge in [-0.25, -0.2) is 4.79 Å². The van der Waals surface area contributed by atoms with Gasteiger partial charge in [-0.3, -0.25) is 4.79 Å². The highest BCUT2D eigenvalue weighted by molar-refractivity contribution is 6.32. The molecule has 0 saturated heterocycles. The smallest absolute Gasteiger partial charge is 0.472 e. The molecule has 0 saturated carbocycles. The number of fused-ring (bicyclic) bond motifs is 1. The molecule has 0 atom stereocenters. The minimum absolute atomic E-state index is 0.000604. The second-order valence-corrected chi connectivity index (χ2v) is 11.1. The van der Waals surface area contributed by atoms with Crippen LogP contribution in [0.2, 0.25) is 5.02 Å². The SMILES string of the molecule is CC(C)(C)OC(=O)c1ccc(COc2c(Cl)c(C(F)(F)F)nn2-c2cccc(C(=O)Nc3ccc4c(c3)OC(F)(F)O4)c2)cc1. The van der Waals surface area contributed by atoms with Crippen LogP contribution in [0.5, 0.6) is 17.4 Å². The molecule has 0 unspecified atom stereocenters. The van der Waals surface area contributed by atoms with Crippen molar-refractivity contribution in [3.8, 4) is 23.1 Å². The molecule has 1 aliphatic heterocycles. The average molecular weight is 652 g/mol.